The summed E-state index contributed by atoms with van der Waals surface area (Å²) in [6.07, 6.45) is 4.41. The molecule has 2 amide bonds. The predicted molar refractivity (Wildman–Crippen MR) is 107 cm³/mol. The van der Waals surface area contributed by atoms with Crippen molar-refractivity contribution in [2.45, 2.75) is 19.8 Å². The van der Waals surface area contributed by atoms with Crippen LogP contribution in [-0.4, -0.2) is 22.9 Å². The number of carbonyl (C=O) groups excluding carboxylic acids is 2. The summed E-state index contributed by atoms with van der Waals surface area (Å²) in [4.78, 5) is 36.2. The normalized spacial score (nSPS) is 18.3. The SMILES string of the molecule is Cc1cc(NC(=O)[C@@H]2CC=CC[C@H]2C(=O)O)ccc1NC(=O)c1ccccc1. The zero-order valence-corrected chi connectivity index (χ0v) is 15.5. The predicted octanol–water partition coefficient (Wildman–Crippen LogP) is 3.85. The molecule has 1 aliphatic rings. The van der Waals surface area contributed by atoms with Gasteiger partial charge in [0.25, 0.3) is 5.91 Å². The first-order valence-corrected chi connectivity index (χ1v) is 9.11. The van der Waals surface area contributed by atoms with Gasteiger partial charge in [0.1, 0.15) is 0 Å². The minimum atomic E-state index is -0.959. The fourth-order valence-corrected chi connectivity index (χ4v) is 3.28. The molecule has 2 aromatic rings. The zero-order chi connectivity index (χ0) is 20.1. The molecule has 0 radical (unpaired) electrons. The highest BCUT2D eigenvalue weighted by molar-refractivity contribution is 6.05. The number of aliphatic carboxylic acids is 1. The first kappa shape index (κ1) is 19.4. The molecule has 0 fully saturated rings. The molecule has 0 aliphatic heterocycles. The Morgan fingerprint density at radius 3 is 2.25 bits per heavy atom. The van der Waals surface area contributed by atoms with Crippen molar-refractivity contribution in [3.8, 4) is 0 Å². The highest BCUT2D eigenvalue weighted by atomic mass is 16.4. The number of amides is 2. The van der Waals surface area contributed by atoms with Crippen LogP contribution in [0.5, 0.6) is 0 Å². The lowest BCUT2D eigenvalue weighted by Crippen LogP contribution is -2.34. The van der Waals surface area contributed by atoms with Crippen molar-refractivity contribution >= 4 is 29.2 Å². The van der Waals surface area contributed by atoms with Crippen LogP contribution >= 0.6 is 0 Å². The van der Waals surface area contributed by atoms with E-state index in [1.807, 2.05) is 19.1 Å². The molecule has 0 unspecified atom stereocenters. The number of carboxylic acid groups (broad SMARTS) is 1. The monoisotopic (exact) mass is 378 g/mol. The van der Waals surface area contributed by atoms with Crippen LogP contribution in [0.2, 0.25) is 0 Å². The van der Waals surface area contributed by atoms with E-state index in [2.05, 4.69) is 10.6 Å². The fourth-order valence-electron chi connectivity index (χ4n) is 3.28. The number of allylic oxidation sites excluding steroid dienone is 2. The number of carboxylic acids is 1. The Morgan fingerprint density at radius 1 is 0.929 bits per heavy atom. The standard InChI is InChI=1S/C22H22N2O4/c1-14-13-16(23-21(26)17-9-5-6-10-18(17)22(27)28)11-12-19(14)24-20(25)15-7-3-2-4-8-15/h2-8,11-13,17-18H,9-10H2,1H3,(H,23,26)(H,24,25)(H,27,28)/t17-,18-/m1/s1. The third-order valence-electron chi connectivity index (χ3n) is 4.86. The van der Waals surface area contributed by atoms with Gasteiger partial charge in [0, 0.05) is 16.9 Å². The number of aryl methyl sites for hydroxylation is 1. The lowest BCUT2D eigenvalue weighted by molar-refractivity contribution is -0.146. The fraction of sp³-hybridized carbons (Fsp3) is 0.227. The molecule has 0 heterocycles. The molecule has 6 heteroatoms. The summed E-state index contributed by atoms with van der Waals surface area (Å²) in [6, 6.07) is 14.1. The molecule has 6 nitrogen and oxygen atoms in total. The Kier molecular flexibility index (Phi) is 5.89. The molecule has 1 aliphatic carbocycles. The van der Waals surface area contributed by atoms with Gasteiger partial charge in [-0.1, -0.05) is 30.4 Å². The van der Waals surface area contributed by atoms with E-state index in [-0.39, 0.29) is 11.8 Å². The molecule has 0 saturated heterocycles. The maximum Gasteiger partial charge on any atom is 0.307 e. The molecule has 0 bridgehead atoms. The van der Waals surface area contributed by atoms with Gasteiger partial charge in [-0.25, -0.2) is 0 Å². The van der Waals surface area contributed by atoms with Gasteiger partial charge in [0.05, 0.1) is 11.8 Å². The summed E-state index contributed by atoms with van der Waals surface area (Å²) in [5, 5.41) is 15.0. The molecule has 2 aromatic carbocycles. The molecular weight excluding hydrogens is 356 g/mol. The molecule has 0 saturated carbocycles. The number of rotatable bonds is 5. The number of anilines is 2. The minimum absolute atomic E-state index is 0.209. The maximum atomic E-state index is 12.6. The highest BCUT2D eigenvalue weighted by Gasteiger charge is 2.33. The van der Waals surface area contributed by atoms with Crippen LogP contribution in [0.25, 0.3) is 0 Å². The maximum absolute atomic E-state index is 12.6. The number of nitrogens with one attached hydrogen (secondary N) is 2. The third kappa shape index (κ3) is 4.46. The van der Waals surface area contributed by atoms with E-state index in [1.54, 1.807) is 48.5 Å². The Hall–Kier alpha value is -3.41. The number of hydrogen-bond acceptors (Lipinski definition) is 3. The molecule has 144 valence electrons. The Morgan fingerprint density at radius 2 is 1.61 bits per heavy atom. The van der Waals surface area contributed by atoms with E-state index in [0.717, 1.165) is 5.56 Å². The summed E-state index contributed by atoms with van der Waals surface area (Å²) in [5.74, 6) is -2.79. The smallest absolute Gasteiger partial charge is 0.307 e. The first-order valence-electron chi connectivity index (χ1n) is 9.11. The summed E-state index contributed by atoms with van der Waals surface area (Å²) in [6.45, 7) is 1.83. The molecule has 3 N–H and O–H groups in total. The molecule has 2 atom stereocenters. The van der Waals surface area contributed by atoms with E-state index in [4.69, 9.17) is 0 Å². The first-order chi connectivity index (χ1) is 13.5. The number of carbonyl (C=O) groups is 3. The molecule has 3 rings (SSSR count). The van der Waals surface area contributed by atoms with E-state index in [0.29, 0.717) is 29.8 Å². The Labute approximate surface area is 163 Å². The van der Waals surface area contributed by atoms with Crippen LogP contribution in [0.1, 0.15) is 28.8 Å². The second-order valence-corrected chi connectivity index (χ2v) is 6.83. The van der Waals surface area contributed by atoms with Gasteiger partial charge in [-0.2, -0.15) is 0 Å². The van der Waals surface area contributed by atoms with Crippen LogP contribution in [0.3, 0.4) is 0 Å². The van der Waals surface area contributed by atoms with Crippen LogP contribution in [-0.2, 0) is 9.59 Å². The number of hydrogen-bond donors (Lipinski definition) is 3. The lowest BCUT2D eigenvalue weighted by Gasteiger charge is -2.24. The van der Waals surface area contributed by atoms with Gasteiger partial charge in [0.2, 0.25) is 5.91 Å². The van der Waals surface area contributed by atoms with Gasteiger partial charge in [-0.15, -0.1) is 0 Å². The van der Waals surface area contributed by atoms with Gasteiger partial charge in [-0.3, -0.25) is 14.4 Å². The van der Waals surface area contributed by atoms with Gasteiger partial charge >= 0.3 is 5.97 Å². The quantitative estimate of drug-likeness (QED) is 0.689. The van der Waals surface area contributed by atoms with Gasteiger partial charge in [0.15, 0.2) is 0 Å². The molecular formula is C22H22N2O4. The van der Waals surface area contributed by atoms with Crippen molar-refractivity contribution in [1.82, 2.24) is 0 Å². The largest absolute Gasteiger partial charge is 0.481 e. The van der Waals surface area contributed by atoms with E-state index in [9.17, 15) is 19.5 Å². The third-order valence-corrected chi connectivity index (χ3v) is 4.86. The lowest BCUT2D eigenvalue weighted by atomic mass is 9.82. The van der Waals surface area contributed by atoms with Crippen molar-refractivity contribution < 1.29 is 19.5 Å². The average Bonchev–Trinajstić information content (AvgIpc) is 2.70. The van der Waals surface area contributed by atoms with E-state index >= 15 is 0 Å². The van der Waals surface area contributed by atoms with E-state index in [1.165, 1.54) is 0 Å². The van der Waals surface area contributed by atoms with Gasteiger partial charge in [-0.05, 0) is 55.7 Å². The summed E-state index contributed by atoms with van der Waals surface area (Å²) >= 11 is 0. The van der Waals surface area contributed by atoms with Crippen LogP contribution in [0, 0.1) is 18.8 Å². The Balaban J connectivity index is 1.68. The second-order valence-electron chi connectivity index (χ2n) is 6.83. The topological polar surface area (TPSA) is 95.5 Å². The molecule has 0 aromatic heterocycles. The molecule has 28 heavy (non-hydrogen) atoms. The van der Waals surface area contributed by atoms with Crippen molar-refractivity contribution in [3.63, 3.8) is 0 Å². The van der Waals surface area contributed by atoms with Crippen LogP contribution in [0.4, 0.5) is 11.4 Å². The zero-order valence-electron chi connectivity index (χ0n) is 15.5. The summed E-state index contributed by atoms with van der Waals surface area (Å²) in [5.41, 5.74) is 2.57. The van der Waals surface area contributed by atoms with Crippen LogP contribution < -0.4 is 10.6 Å². The molecule has 0 spiro atoms. The highest BCUT2D eigenvalue weighted by Crippen LogP contribution is 2.28. The summed E-state index contributed by atoms with van der Waals surface area (Å²) in [7, 11) is 0. The number of benzene rings is 2. The van der Waals surface area contributed by atoms with Crippen molar-refractivity contribution in [2.24, 2.45) is 11.8 Å². The second kappa shape index (κ2) is 8.52. The van der Waals surface area contributed by atoms with Gasteiger partial charge < -0.3 is 15.7 Å². The van der Waals surface area contributed by atoms with Crippen molar-refractivity contribution in [3.05, 3.63) is 71.8 Å². The van der Waals surface area contributed by atoms with Crippen LogP contribution in [0.15, 0.2) is 60.7 Å². The minimum Gasteiger partial charge on any atom is -0.481 e. The van der Waals surface area contributed by atoms with E-state index < -0.39 is 17.8 Å². The van der Waals surface area contributed by atoms with Crippen molar-refractivity contribution in [2.75, 3.05) is 10.6 Å². The summed E-state index contributed by atoms with van der Waals surface area (Å²) < 4.78 is 0. The van der Waals surface area contributed by atoms with Crippen molar-refractivity contribution in [1.29, 1.82) is 0 Å². The Bertz CT molecular complexity index is 921. The average molecular weight is 378 g/mol.